The highest BCUT2D eigenvalue weighted by atomic mass is 16.5. The molecule has 0 aromatic carbocycles. The van der Waals surface area contributed by atoms with Crippen LogP contribution in [0.4, 0.5) is 0 Å². The van der Waals surface area contributed by atoms with Crippen LogP contribution in [-0.4, -0.2) is 32.3 Å². The van der Waals surface area contributed by atoms with Gasteiger partial charge in [-0.25, -0.2) is 0 Å². The summed E-state index contributed by atoms with van der Waals surface area (Å²) in [5.41, 5.74) is 6.40. The highest BCUT2D eigenvalue weighted by Crippen LogP contribution is 2.37. The van der Waals surface area contributed by atoms with Crippen molar-refractivity contribution in [2.75, 3.05) is 26.2 Å². The molecule has 18 heavy (non-hydrogen) atoms. The van der Waals surface area contributed by atoms with E-state index in [0.29, 0.717) is 11.5 Å². The van der Waals surface area contributed by atoms with Gasteiger partial charge < -0.3 is 15.8 Å². The fraction of sp³-hybridized carbons (Fsp3) is 1.00. The van der Waals surface area contributed by atoms with E-state index in [1.807, 2.05) is 0 Å². The molecule has 1 aliphatic heterocycles. The largest absolute Gasteiger partial charge is 0.378 e. The Morgan fingerprint density at radius 1 is 1.28 bits per heavy atom. The summed E-state index contributed by atoms with van der Waals surface area (Å²) in [7, 11) is 0. The van der Waals surface area contributed by atoms with Crippen LogP contribution in [-0.2, 0) is 4.74 Å². The van der Waals surface area contributed by atoms with Crippen molar-refractivity contribution in [2.45, 2.75) is 58.0 Å². The molecule has 2 rings (SSSR count). The van der Waals surface area contributed by atoms with Gasteiger partial charge in [-0.2, -0.15) is 0 Å². The van der Waals surface area contributed by atoms with E-state index in [4.69, 9.17) is 10.5 Å². The summed E-state index contributed by atoms with van der Waals surface area (Å²) in [5.74, 6) is 0.900. The van der Waals surface area contributed by atoms with Crippen molar-refractivity contribution in [3.8, 4) is 0 Å². The molecule has 1 saturated heterocycles. The third-order valence-electron chi connectivity index (χ3n) is 4.94. The van der Waals surface area contributed by atoms with Crippen LogP contribution in [0.2, 0.25) is 0 Å². The third kappa shape index (κ3) is 3.94. The van der Waals surface area contributed by atoms with Crippen molar-refractivity contribution in [3.05, 3.63) is 0 Å². The Morgan fingerprint density at radius 2 is 2.06 bits per heavy atom. The number of hydrogen-bond acceptors (Lipinski definition) is 3. The lowest BCUT2D eigenvalue weighted by Crippen LogP contribution is -2.43. The molecule has 1 unspecified atom stereocenters. The van der Waals surface area contributed by atoms with Crippen LogP contribution >= 0.6 is 0 Å². The predicted molar refractivity (Wildman–Crippen MR) is 75.6 cm³/mol. The molecule has 0 radical (unpaired) electrons. The first-order chi connectivity index (χ1) is 8.74. The van der Waals surface area contributed by atoms with Crippen LogP contribution in [0.5, 0.6) is 0 Å². The molecule has 0 amide bonds. The average molecular weight is 254 g/mol. The number of hydrogen-bond donors (Lipinski definition) is 2. The summed E-state index contributed by atoms with van der Waals surface area (Å²) in [4.78, 5) is 0. The van der Waals surface area contributed by atoms with Gasteiger partial charge in [-0.3, -0.25) is 0 Å². The Bertz CT molecular complexity index is 231. The van der Waals surface area contributed by atoms with Crippen molar-refractivity contribution >= 4 is 0 Å². The SMILES string of the molecule is CC1CCC(CN)(CNCCC2CCCO2)CC1. The van der Waals surface area contributed by atoms with E-state index in [0.717, 1.165) is 38.6 Å². The van der Waals surface area contributed by atoms with Crippen LogP contribution in [0.3, 0.4) is 0 Å². The molecule has 3 N–H and O–H groups in total. The Kier molecular flexibility index (Phi) is 5.46. The minimum Gasteiger partial charge on any atom is -0.378 e. The minimum absolute atomic E-state index is 0.378. The van der Waals surface area contributed by atoms with E-state index in [1.165, 1.54) is 38.5 Å². The van der Waals surface area contributed by atoms with Gasteiger partial charge in [0.25, 0.3) is 0 Å². The average Bonchev–Trinajstić information content (AvgIpc) is 2.90. The number of rotatable bonds is 6. The molecule has 1 heterocycles. The first-order valence-corrected chi connectivity index (χ1v) is 7.76. The van der Waals surface area contributed by atoms with Crippen molar-refractivity contribution in [2.24, 2.45) is 17.1 Å². The lowest BCUT2D eigenvalue weighted by molar-refractivity contribution is 0.101. The Balaban J connectivity index is 1.64. The summed E-state index contributed by atoms with van der Waals surface area (Å²) in [6.07, 6.45) is 9.48. The van der Waals surface area contributed by atoms with E-state index in [2.05, 4.69) is 12.2 Å². The van der Waals surface area contributed by atoms with Crippen LogP contribution < -0.4 is 11.1 Å². The number of nitrogens with two attached hydrogens (primary N) is 1. The molecule has 1 atom stereocenters. The molecule has 1 saturated carbocycles. The van der Waals surface area contributed by atoms with E-state index < -0.39 is 0 Å². The maximum atomic E-state index is 6.02. The summed E-state index contributed by atoms with van der Waals surface area (Å²) in [6.45, 7) is 6.36. The highest BCUT2D eigenvalue weighted by Gasteiger charge is 2.32. The fourth-order valence-corrected chi connectivity index (χ4v) is 3.32. The van der Waals surface area contributed by atoms with Crippen LogP contribution in [0, 0.1) is 11.3 Å². The molecule has 2 fully saturated rings. The molecule has 3 heteroatoms. The minimum atomic E-state index is 0.378. The molecule has 3 nitrogen and oxygen atoms in total. The molecule has 106 valence electrons. The molecule has 0 aromatic heterocycles. The molecular formula is C15H30N2O. The number of ether oxygens (including phenoxy) is 1. The van der Waals surface area contributed by atoms with Gasteiger partial charge in [-0.1, -0.05) is 19.8 Å². The molecule has 2 aliphatic rings. The van der Waals surface area contributed by atoms with Gasteiger partial charge in [0.1, 0.15) is 0 Å². The quantitative estimate of drug-likeness (QED) is 0.715. The molecule has 0 aromatic rings. The van der Waals surface area contributed by atoms with Gasteiger partial charge in [-0.05, 0) is 56.5 Å². The van der Waals surface area contributed by atoms with Crippen LogP contribution in [0.15, 0.2) is 0 Å². The summed E-state index contributed by atoms with van der Waals surface area (Å²) in [5, 5.41) is 3.63. The van der Waals surface area contributed by atoms with E-state index in [-0.39, 0.29) is 0 Å². The smallest absolute Gasteiger partial charge is 0.0588 e. The maximum Gasteiger partial charge on any atom is 0.0588 e. The van der Waals surface area contributed by atoms with Gasteiger partial charge >= 0.3 is 0 Å². The van der Waals surface area contributed by atoms with E-state index in [9.17, 15) is 0 Å². The van der Waals surface area contributed by atoms with Crippen LogP contribution in [0.25, 0.3) is 0 Å². The van der Waals surface area contributed by atoms with E-state index in [1.54, 1.807) is 0 Å². The normalized spacial score (nSPS) is 37.0. The van der Waals surface area contributed by atoms with Crippen molar-refractivity contribution in [1.82, 2.24) is 5.32 Å². The summed E-state index contributed by atoms with van der Waals surface area (Å²) in [6, 6.07) is 0. The third-order valence-corrected chi connectivity index (χ3v) is 4.94. The Labute approximate surface area is 112 Å². The lowest BCUT2D eigenvalue weighted by Gasteiger charge is -2.39. The second-order valence-electron chi connectivity index (χ2n) is 6.49. The predicted octanol–water partition coefficient (Wildman–Crippen LogP) is 2.30. The first kappa shape index (κ1) is 14.3. The molecule has 0 spiro atoms. The van der Waals surface area contributed by atoms with Crippen molar-refractivity contribution < 1.29 is 4.74 Å². The molecule has 0 bridgehead atoms. The topological polar surface area (TPSA) is 47.3 Å². The summed E-state index contributed by atoms with van der Waals surface area (Å²) < 4.78 is 5.65. The zero-order valence-corrected chi connectivity index (χ0v) is 11.9. The Hall–Kier alpha value is -0.120. The fourth-order valence-electron chi connectivity index (χ4n) is 3.32. The van der Waals surface area contributed by atoms with Crippen molar-refractivity contribution in [3.63, 3.8) is 0 Å². The van der Waals surface area contributed by atoms with Gasteiger partial charge in [0.2, 0.25) is 0 Å². The maximum absolute atomic E-state index is 6.02. The lowest BCUT2D eigenvalue weighted by atomic mass is 9.71. The van der Waals surface area contributed by atoms with Gasteiger partial charge in [0, 0.05) is 13.2 Å². The molecular weight excluding hydrogens is 224 g/mol. The van der Waals surface area contributed by atoms with Gasteiger partial charge in [-0.15, -0.1) is 0 Å². The summed E-state index contributed by atoms with van der Waals surface area (Å²) >= 11 is 0. The van der Waals surface area contributed by atoms with Crippen LogP contribution in [0.1, 0.15) is 51.9 Å². The van der Waals surface area contributed by atoms with Crippen molar-refractivity contribution in [1.29, 1.82) is 0 Å². The number of nitrogens with one attached hydrogen (secondary N) is 1. The Morgan fingerprint density at radius 3 is 2.67 bits per heavy atom. The molecule has 1 aliphatic carbocycles. The standard InChI is InChI=1S/C15H30N2O/c1-13-4-7-15(11-16,8-5-13)12-17-9-6-14-3-2-10-18-14/h13-14,17H,2-12,16H2,1H3. The highest BCUT2D eigenvalue weighted by molar-refractivity contribution is 4.87. The zero-order chi connectivity index (χ0) is 12.8. The van der Waals surface area contributed by atoms with E-state index >= 15 is 0 Å². The second-order valence-corrected chi connectivity index (χ2v) is 6.49. The second kappa shape index (κ2) is 6.88. The zero-order valence-electron chi connectivity index (χ0n) is 11.9. The monoisotopic (exact) mass is 254 g/mol. The first-order valence-electron chi connectivity index (χ1n) is 7.76. The van der Waals surface area contributed by atoms with Gasteiger partial charge in [0.05, 0.1) is 6.10 Å². The van der Waals surface area contributed by atoms with Gasteiger partial charge in [0.15, 0.2) is 0 Å².